The molecule has 0 radical (unpaired) electrons. The fourth-order valence-electron chi connectivity index (χ4n) is 2.76. The Kier molecular flexibility index (Phi) is 6.13. The Morgan fingerprint density at radius 1 is 1.42 bits per heavy atom. The summed E-state index contributed by atoms with van der Waals surface area (Å²) in [5.74, 6) is 3.65. The number of para-hydroxylation sites is 1. The van der Waals surface area contributed by atoms with Crippen molar-refractivity contribution in [2.75, 3.05) is 32.1 Å². The van der Waals surface area contributed by atoms with E-state index in [4.69, 9.17) is 11.2 Å². The van der Waals surface area contributed by atoms with Crippen molar-refractivity contribution in [3.63, 3.8) is 0 Å². The van der Waals surface area contributed by atoms with E-state index in [-0.39, 0.29) is 5.91 Å². The Hall–Kier alpha value is -1.55. The third kappa shape index (κ3) is 4.50. The van der Waals surface area contributed by atoms with Crippen LogP contribution in [0.5, 0.6) is 0 Å². The molecule has 24 heavy (non-hydrogen) atoms. The number of thiazole rings is 1. The van der Waals surface area contributed by atoms with Crippen molar-refractivity contribution in [3.8, 4) is 12.3 Å². The Labute approximate surface area is 150 Å². The normalized spacial score (nSPS) is 15.5. The fraction of sp³-hybridized carbons (Fsp3) is 0.444. The minimum atomic E-state index is 0.197. The minimum absolute atomic E-state index is 0.197. The zero-order valence-electron chi connectivity index (χ0n) is 13.4. The first-order valence-electron chi connectivity index (χ1n) is 8.03. The third-order valence-corrected chi connectivity index (χ3v) is 6.26. The van der Waals surface area contributed by atoms with Gasteiger partial charge in [-0.25, -0.2) is 4.98 Å². The number of aromatic nitrogens is 1. The van der Waals surface area contributed by atoms with Gasteiger partial charge in [0.2, 0.25) is 5.91 Å². The predicted molar refractivity (Wildman–Crippen MR) is 99.3 cm³/mol. The molecule has 1 aromatic carbocycles. The molecule has 1 aliphatic rings. The van der Waals surface area contributed by atoms with Gasteiger partial charge >= 0.3 is 0 Å². The first-order chi connectivity index (χ1) is 11.8. The second-order valence-corrected chi connectivity index (χ2v) is 8.03. The van der Waals surface area contributed by atoms with Gasteiger partial charge in [0.25, 0.3) is 0 Å². The monoisotopic (exact) mass is 360 g/mol. The number of hydrogen-bond acceptors (Lipinski definition) is 5. The molecule has 126 valence electrons. The summed E-state index contributed by atoms with van der Waals surface area (Å²) in [5.41, 5.74) is 1.00. The fourth-order valence-corrected chi connectivity index (χ4v) is 4.73. The molecule has 1 fully saturated rings. The number of benzene rings is 1. The van der Waals surface area contributed by atoms with Crippen LogP contribution in [0.3, 0.4) is 0 Å². The highest BCUT2D eigenvalue weighted by Gasteiger charge is 2.23. The van der Waals surface area contributed by atoms with Gasteiger partial charge in [0, 0.05) is 13.1 Å². The predicted octanol–water partition coefficient (Wildman–Crippen LogP) is 3.28. The molecule has 1 saturated heterocycles. The topological polar surface area (TPSA) is 42.4 Å². The van der Waals surface area contributed by atoms with Gasteiger partial charge in [-0.3, -0.25) is 4.79 Å². The number of nitrogens with zero attached hydrogens (tertiary/aromatic N) is 2. The molecule has 2 heterocycles. The molecule has 0 bridgehead atoms. The van der Waals surface area contributed by atoms with Gasteiger partial charge in [0.1, 0.15) is 6.61 Å². The Morgan fingerprint density at radius 3 is 2.96 bits per heavy atom. The van der Waals surface area contributed by atoms with Crippen LogP contribution in [0.2, 0.25) is 0 Å². The molecule has 1 aromatic heterocycles. The number of carbonyl (C=O) groups is 1. The van der Waals surface area contributed by atoms with Crippen molar-refractivity contribution in [2.45, 2.75) is 17.2 Å². The molecule has 0 unspecified atom stereocenters. The van der Waals surface area contributed by atoms with Gasteiger partial charge in [0.15, 0.2) is 4.34 Å². The summed E-state index contributed by atoms with van der Waals surface area (Å²) < 4.78 is 7.53. The van der Waals surface area contributed by atoms with E-state index in [0.29, 0.717) is 24.9 Å². The number of terminal acetylenes is 1. The van der Waals surface area contributed by atoms with Crippen LogP contribution in [0.1, 0.15) is 12.8 Å². The van der Waals surface area contributed by atoms with Crippen molar-refractivity contribution >= 4 is 39.2 Å². The number of likely N-dealkylation sites (tertiary alicyclic amines) is 1. The maximum atomic E-state index is 12.4. The largest absolute Gasteiger partial charge is 0.369 e. The van der Waals surface area contributed by atoms with E-state index in [1.165, 1.54) is 16.5 Å². The number of rotatable bonds is 6. The average Bonchev–Trinajstić information content (AvgIpc) is 3.03. The zero-order valence-corrected chi connectivity index (χ0v) is 15.1. The molecular weight excluding hydrogens is 340 g/mol. The lowest BCUT2D eigenvalue weighted by atomic mass is 9.98. The molecule has 0 spiro atoms. The maximum absolute atomic E-state index is 12.4. The molecule has 1 aliphatic heterocycles. The lowest BCUT2D eigenvalue weighted by Gasteiger charge is -2.31. The molecule has 3 rings (SSSR count). The molecule has 1 amide bonds. The van der Waals surface area contributed by atoms with Crippen LogP contribution in [0.4, 0.5) is 0 Å². The molecule has 0 saturated carbocycles. The number of hydrogen-bond donors (Lipinski definition) is 0. The minimum Gasteiger partial charge on any atom is -0.369 e. The first-order valence-corrected chi connectivity index (χ1v) is 9.84. The number of carbonyl (C=O) groups excluding carboxylic acids is 1. The van der Waals surface area contributed by atoms with Crippen LogP contribution in [0.15, 0.2) is 28.6 Å². The van der Waals surface area contributed by atoms with E-state index in [1.54, 1.807) is 11.3 Å². The van der Waals surface area contributed by atoms with Crippen molar-refractivity contribution < 1.29 is 9.53 Å². The summed E-state index contributed by atoms with van der Waals surface area (Å²) in [4.78, 5) is 18.9. The standard InChI is InChI=1S/C18H20N2O2S2/c1-2-11-22-12-14-7-9-20(10-8-14)17(21)13-23-18-19-15-5-3-4-6-16(15)24-18/h1,3-6,14H,7-13H2. The van der Waals surface area contributed by atoms with Gasteiger partial charge < -0.3 is 9.64 Å². The lowest BCUT2D eigenvalue weighted by molar-refractivity contribution is -0.130. The molecule has 4 nitrogen and oxygen atoms in total. The second kappa shape index (κ2) is 8.52. The number of piperidine rings is 1. The molecule has 0 atom stereocenters. The van der Waals surface area contributed by atoms with Crippen LogP contribution in [-0.4, -0.2) is 47.8 Å². The van der Waals surface area contributed by atoms with Crippen LogP contribution in [0.25, 0.3) is 10.2 Å². The van der Waals surface area contributed by atoms with Gasteiger partial charge in [0.05, 0.1) is 22.6 Å². The van der Waals surface area contributed by atoms with Crippen LogP contribution < -0.4 is 0 Å². The Balaban J connectivity index is 1.43. The molecule has 6 heteroatoms. The second-order valence-electron chi connectivity index (χ2n) is 5.78. The van der Waals surface area contributed by atoms with E-state index in [0.717, 1.165) is 35.8 Å². The highest BCUT2D eigenvalue weighted by Crippen LogP contribution is 2.29. The van der Waals surface area contributed by atoms with E-state index in [9.17, 15) is 4.79 Å². The van der Waals surface area contributed by atoms with Gasteiger partial charge in [-0.15, -0.1) is 17.8 Å². The molecule has 0 N–H and O–H groups in total. The van der Waals surface area contributed by atoms with E-state index in [1.807, 2.05) is 23.1 Å². The summed E-state index contributed by atoms with van der Waals surface area (Å²) in [7, 11) is 0. The lowest BCUT2D eigenvalue weighted by Crippen LogP contribution is -2.40. The maximum Gasteiger partial charge on any atom is 0.233 e. The van der Waals surface area contributed by atoms with Gasteiger partial charge in [-0.1, -0.05) is 29.8 Å². The summed E-state index contributed by atoms with van der Waals surface area (Å²) in [6.45, 7) is 2.69. The summed E-state index contributed by atoms with van der Waals surface area (Å²) >= 11 is 3.18. The van der Waals surface area contributed by atoms with E-state index in [2.05, 4.69) is 17.0 Å². The number of ether oxygens (including phenoxy) is 1. The highest BCUT2D eigenvalue weighted by molar-refractivity contribution is 8.01. The van der Waals surface area contributed by atoms with Crippen LogP contribution in [-0.2, 0) is 9.53 Å². The van der Waals surface area contributed by atoms with Gasteiger partial charge in [-0.2, -0.15) is 0 Å². The van der Waals surface area contributed by atoms with E-state index >= 15 is 0 Å². The highest BCUT2D eigenvalue weighted by atomic mass is 32.2. The smallest absolute Gasteiger partial charge is 0.233 e. The Bertz CT molecular complexity index is 697. The molecule has 2 aromatic rings. The van der Waals surface area contributed by atoms with Crippen LogP contribution in [0, 0.1) is 18.3 Å². The third-order valence-electron chi connectivity index (χ3n) is 4.10. The van der Waals surface area contributed by atoms with Crippen molar-refractivity contribution in [1.82, 2.24) is 9.88 Å². The van der Waals surface area contributed by atoms with Crippen LogP contribution >= 0.6 is 23.1 Å². The number of fused-ring (bicyclic) bond motifs is 1. The molecular formula is C18H20N2O2S2. The summed E-state index contributed by atoms with van der Waals surface area (Å²) in [6.07, 6.45) is 7.15. The van der Waals surface area contributed by atoms with Crippen molar-refractivity contribution in [3.05, 3.63) is 24.3 Å². The average molecular weight is 361 g/mol. The summed E-state index contributed by atoms with van der Waals surface area (Å²) in [6, 6.07) is 8.06. The van der Waals surface area contributed by atoms with Gasteiger partial charge in [-0.05, 0) is 30.9 Å². The summed E-state index contributed by atoms with van der Waals surface area (Å²) in [5, 5.41) is 0. The first kappa shape index (κ1) is 17.3. The van der Waals surface area contributed by atoms with E-state index < -0.39 is 0 Å². The number of amides is 1. The quantitative estimate of drug-likeness (QED) is 0.450. The zero-order chi connectivity index (χ0) is 16.8. The Morgan fingerprint density at radius 2 is 2.21 bits per heavy atom. The molecule has 0 aliphatic carbocycles. The SMILES string of the molecule is C#CCOCC1CCN(C(=O)CSc2nc3ccccc3s2)CC1. The van der Waals surface area contributed by atoms with Crippen molar-refractivity contribution in [2.24, 2.45) is 5.92 Å². The number of thioether (sulfide) groups is 1. The van der Waals surface area contributed by atoms with Crippen molar-refractivity contribution in [1.29, 1.82) is 0 Å².